The number of anilines is 1. The van der Waals surface area contributed by atoms with Gasteiger partial charge in [-0.25, -0.2) is 4.79 Å². The topological polar surface area (TPSA) is 124 Å². The van der Waals surface area contributed by atoms with E-state index in [9.17, 15) is 19.7 Å². The summed E-state index contributed by atoms with van der Waals surface area (Å²) in [6.45, 7) is 3.74. The molecule has 0 aliphatic rings. The summed E-state index contributed by atoms with van der Waals surface area (Å²) in [4.78, 5) is 34.5. The summed E-state index contributed by atoms with van der Waals surface area (Å²) in [6.07, 6.45) is 1.65. The van der Waals surface area contributed by atoms with E-state index in [1.807, 2.05) is 6.92 Å². The molecule has 1 heterocycles. The summed E-state index contributed by atoms with van der Waals surface area (Å²) >= 11 is 1.23. The number of hydrogen-bond acceptors (Lipinski definition) is 8. The van der Waals surface area contributed by atoms with Gasteiger partial charge in [0.05, 0.1) is 17.1 Å². The second-order valence-electron chi connectivity index (χ2n) is 4.95. The molecule has 0 bridgehead atoms. The smallest absolute Gasteiger partial charge is 0.338 e. The molecule has 1 aromatic heterocycles. The number of carbonyl (C=O) groups excluding carboxylic acids is 2. The quantitative estimate of drug-likeness (QED) is 0.455. The van der Waals surface area contributed by atoms with Gasteiger partial charge in [-0.1, -0.05) is 18.3 Å². The van der Waals surface area contributed by atoms with Crippen molar-refractivity contribution in [2.75, 3.05) is 11.9 Å². The third-order valence-corrected chi connectivity index (χ3v) is 3.95. The lowest BCUT2D eigenvalue weighted by Crippen LogP contribution is -2.14. The van der Waals surface area contributed by atoms with Crippen molar-refractivity contribution in [1.82, 2.24) is 10.2 Å². The number of benzene rings is 1. The molecule has 0 saturated carbocycles. The van der Waals surface area contributed by atoms with Crippen LogP contribution in [0.1, 0.15) is 46.0 Å². The maximum absolute atomic E-state index is 12.3. The average Bonchev–Trinajstić information content (AvgIpc) is 3.02. The molecule has 0 atom stereocenters. The maximum Gasteiger partial charge on any atom is 0.338 e. The van der Waals surface area contributed by atoms with E-state index in [1.165, 1.54) is 17.4 Å². The van der Waals surface area contributed by atoms with Crippen LogP contribution in [0.4, 0.5) is 10.8 Å². The molecule has 0 spiro atoms. The van der Waals surface area contributed by atoms with E-state index < -0.39 is 16.8 Å². The molecule has 2 rings (SSSR count). The zero-order valence-electron chi connectivity index (χ0n) is 13.6. The average molecular weight is 364 g/mol. The Hall–Kier alpha value is -2.88. The Morgan fingerprint density at radius 3 is 2.60 bits per heavy atom. The Bertz CT molecular complexity index is 805. The molecular weight excluding hydrogens is 348 g/mol. The Morgan fingerprint density at radius 1 is 1.24 bits per heavy atom. The van der Waals surface area contributed by atoms with Gasteiger partial charge < -0.3 is 4.74 Å². The zero-order valence-corrected chi connectivity index (χ0v) is 14.5. The lowest BCUT2D eigenvalue weighted by Gasteiger charge is -2.05. The van der Waals surface area contributed by atoms with Gasteiger partial charge in [-0.05, 0) is 19.4 Å². The van der Waals surface area contributed by atoms with Gasteiger partial charge in [-0.3, -0.25) is 20.2 Å². The van der Waals surface area contributed by atoms with Crippen LogP contribution in [0.2, 0.25) is 0 Å². The molecule has 1 amide bonds. The summed E-state index contributed by atoms with van der Waals surface area (Å²) in [5.74, 6) is -1.35. The van der Waals surface area contributed by atoms with Gasteiger partial charge in [0.15, 0.2) is 0 Å². The highest BCUT2D eigenvalue weighted by Crippen LogP contribution is 2.21. The van der Waals surface area contributed by atoms with Gasteiger partial charge in [0.2, 0.25) is 5.13 Å². The number of nitro groups is 1. The Kier molecular flexibility index (Phi) is 6.12. The number of aromatic nitrogens is 2. The first-order valence-corrected chi connectivity index (χ1v) is 8.36. The highest BCUT2D eigenvalue weighted by molar-refractivity contribution is 7.15. The van der Waals surface area contributed by atoms with E-state index in [4.69, 9.17) is 4.74 Å². The van der Waals surface area contributed by atoms with Gasteiger partial charge in [-0.2, -0.15) is 0 Å². The summed E-state index contributed by atoms with van der Waals surface area (Å²) in [5.41, 5.74) is -0.478. The maximum atomic E-state index is 12.3. The number of esters is 1. The molecule has 0 unspecified atom stereocenters. The Morgan fingerprint density at radius 2 is 1.96 bits per heavy atom. The standard InChI is InChI=1S/C15H16N4O5S/c1-3-5-12-17-18-15(25-12)16-13(20)9-6-10(14(21)24-4-2)8-11(7-9)19(22)23/h6-8H,3-5H2,1-2H3,(H,16,18,20). The number of carbonyl (C=O) groups is 2. The van der Waals surface area contributed by atoms with Gasteiger partial charge >= 0.3 is 5.97 Å². The van der Waals surface area contributed by atoms with Crippen LogP contribution in [-0.4, -0.2) is 33.6 Å². The summed E-state index contributed by atoms with van der Waals surface area (Å²) in [7, 11) is 0. The van der Waals surface area contributed by atoms with Crippen molar-refractivity contribution >= 4 is 34.0 Å². The van der Waals surface area contributed by atoms with Crippen molar-refractivity contribution in [2.24, 2.45) is 0 Å². The normalized spacial score (nSPS) is 10.3. The number of aryl methyl sites for hydroxylation is 1. The summed E-state index contributed by atoms with van der Waals surface area (Å²) in [6, 6.07) is 3.40. The van der Waals surface area contributed by atoms with E-state index in [0.29, 0.717) is 0 Å². The van der Waals surface area contributed by atoms with E-state index in [2.05, 4.69) is 15.5 Å². The number of nitrogens with zero attached hydrogens (tertiary/aromatic N) is 3. The van der Waals surface area contributed by atoms with Crippen LogP contribution in [0.3, 0.4) is 0 Å². The predicted molar refractivity (Wildman–Crippen MR) is 90.9 cm³/mol. The number of nitro benzene ring substituents is 1. The van der Waals surface area contributed by atoms with Crippen molar-refractivity contribution in [1.29, 1.82) is 0 Å². The fourth-order valence-corrected chi connectivity index (χ4v) is 2.80. The predicted octanol–water partition coefficient (Wildman–Crippen LogP) is 2.83. The molecule has 9 nitrogen and oxygen atoms in total. The van der Waals surface area contributed by atoms with Crippen LogP contribution in [0.5, 0.6) is 0 Å². The molecule has 2 aromatic rings. The molecule has 1 aromatic carbocycles. The van der Waals surface area contributed by atoms with E-state index in [0.717, 1.165) is 30.0 Å². The third kappa shape index (κ3) is 4.80. The molecular formula is C15H16N4O5S. The summed E-state index contributed by atoms with van der Waals surface area (Å²) in [5, 5.41) is 22.4. The Labute approximate surface area is 147 Å². The number of amides is 1. The van der Waals surface area contributed by atoms with Gasteiger partial charge in [-0.15, -0.1) is 10.2 Å². The van der Waals surface area contributed by atoms with Crippen LogP contribution in [0.25, 0.3) is 0 Å². The van der Waals surface area contributed by atoms with E-state index in [1.54, 1.807) is 6.92 Å². The highest BCUT2D eigenvalue weighted by Gasteiger charge is 2.19. The molecule has 0 aliphatic carbocycles. The number of nitrogens with one attached hydrogen (secondary N) is 1. The van der Waals surface area contributed by atoms with Crippen molar-refractivity contribution in [3.05, 3.63) is 44.4 Å². The molecule has 0 radical (unpaired) electrons. The highest BCUT2D eigenvalue weighted by atomic mass is 32.1. The van der Waals surface area contributed by atoms with Crippen molar-refractivity contribution in [2.45, 2.75) is 26.7 Å². The number of rotatable bonds is 7. The molecule has 10 heteroatoms. The molecule has 0 saturated heterocycles. The zero-order chi connectivity index (χ0) is 18.4. The monoisotopic (exact) mass is 364 g/mol. The minimum absolute atomic E-state index is 0.0375. The van der Waals surface area contributed by atoms with Crippen LogP contribution < -0.4 is 5.32 Å². The lowest BCUT2D eigenvalue weighted by molar-refractivity contribution is -0.384. The third-order valence-electron chi connectivity index (χ3n) is 3.05. The number of ether oxygens (including phenoxy) is 1. The number of hydrogen-bond donors (Lipinski definition) is 1. The van der Waals surface area contributed by atoms with Crippen molar-refractivity contribution in [3.8, 4) is 0 Å². The molecule has 25 heavy (non-hydrogen) atoms. The molecule has 0 fully saturated rings. The van der Waals surface area contributed by atoms with E-state index in [-0.39, 0.29) is 28.6 Å². The van der Waals surface area contributed by atoms with Gasteiger partial charge in [0.1, 0.15) is 5.01 Å². The van der Waals surface area contributed by atoms with Crippen LogP contribution in [0.15, 0.2) is 18.2 Å². The minimum Gasteiger partial charge on any atom is -0.462 e. The molecule has 132 valence electrons. The van der Waals surface area contributed by atoms with Crippen LogP contribution in [0, 0.1) is 10.1 Å². The molecule has 0 aliphatic heterocycles. The second kappa shape index (κ2) is 8.29. The lowest BCUT2D eigenvalue weighted by atomic mass is 10.1. The first-order valence-electron chi connectivity index (χ1n) is 7.55. The first kappa shape index (κ1) is 18.5. The number of non-ortho nitro benzene ring substituents is 1. The molecule has 1 N–H and O–H groups in total. The largest absolute Gasteiger partial charge is 0.462 e. The second-order valence-corrected chi connectivity index (χ2v) is 6.01. The van der Waals surface area contributed by atoms with Crippen LogP contribution in [-0.2, 0) is 11.2 Å². The Balaban J connectivity index is 2.27. The SMILES string of the molecule is CCCc1nnc(NC(=O)c2cc(C(=O)OCC)cc([N+](=O)[O-])c2)s1. The van der Waals surface area contributed by atoms with E-state index >= 15 is 0 Å². The van der Waals surface area contributed by atoms with Crippen molar-refractivity contribution < 1.29 is 19.2 Å². The first-order chi connectivity index (χ1) is 11.9. The van der Waals surface area contributed by atoms with Gasteiger partial charge in [0.25, 0.3) is 11.6 Å². The van der Waals surface area contributed by atoms with Crippen LogP contribution >= 0.6 is 11.3 Å². The fraction of sp³-hybridized carbons (Fsp3) is 0.333. The van der Waals surface area contributed by atoms with Crippen molar-refractivity contribution in [3.63, 3.8) is 0 Å². The summed E-state index contributed by atoms with van der Waals surface area (Å²) < 4.78 is 4.83. The minimum atomic E-state index is -0.735. The van der Waals surface area contributed by atoms with Gasteiger partial charge in [0, 0.05) is 24.1 Å². The fourth-order valence-electron chi connectivity index (χ4n) is 1.97.